The van der Waals surface area contributed by atoms with Gasteiger partial charge in [-0.15, -0.1) is 0 Å². The van der Waals surface area contributed by atoms with E-state index >= 15 is 0 Å². The second kappa shape index (κ2) is 5.15. The molecule has 0 aromatic carbocycles. The number of hydrogen-bond acceptors (Lipinski definition) is 4. The quantitative estimate of drug-likeness (QED) is 0.921. The van der Waals surface area contributed by atoms with Crippen LogP contribution in [-0.2, 0) is 9.84 Å². The zero-order valence-corrected chi connectivity index (χ0v) is 11.9. The number of imidazole rings is 1. The van der Waals surface area contributed by atoms with E-state index in [0.717, 1.165) is 5.95 Å². The summed E-state index contributed by atoms with van der Waals surface area (Å²) in [4.78, 5) is 4.39. The lowest BCUT2D eigenvalue weighted by molar-refractivity contribution is 0.513. The van der Waals surface area contributed by atoms with E-state index in [1.807, 2.05) is 12.4 Å². The van der Waals surface area contributed by atoms with E-state index in [1.54, 1.807) is 0 Å². The van der Waals surface area contributed by atoms with E-state index in [9.17, 15) is 8.42 Å². The highest BCUT2D eigenvalue weighted by atomic mass is 32.2. The van der Waals surface area contributed by atoms with Crippen molar-refractivity contribution >= 4 is 15.8 Å². The maximum absolute atomic E-state index is 11.4. The van der Waals surface area contributed by atoms with Gasteiger partial charge in [-0.1, -0.05) is 12.8 Å². The van der Waals surface area contributed by atoms with Crippen molar-refractivity contribution in [3.05, 3.63) is 12.4 Å². The molecule has 1 aromatic heterocycles. The SMILES string of the molecule is O=S1(=O)CCC(Nc2nccn2C2CCCC2)CC1. The van der Waals surface area contributed by atoms with Gasteiger partial charge in [-0.05, 0) is 25.7 Å². The zero-order chi connectivity index (χ0) is 13.3. The number of anilines is 1. The first kappa shape index (κ1) is 13.0. The fraction of sp³-hybridized carbons (Fsp3) is 0.769. The highest BCUT2D eigenvalue weighted by Crippen LogP contribution is 2.31. The number of nitrogens with one attached hydrogen (secondary N) is 1. The number of rotatable bonds is 3. The Morgan fingerprint density at radius 2 is 1.84 bits per heavy atom. The predicted molar refractivity (Wildman–Crippen MR) is 75.0 cm³/mol. The Morgan fingerprint density at radius 3 is 2.53 bits per heavy atom. The largest absolute Gasteiger partial charge is 0.353 e. The van der Waals surface area contributed by atoms with Gasteiger partial charge in [0.1, 0.15) is 9.84 Å². The molecule has 6 heteroatoms. The summed E-state index contributed by atoms with van der Waals surface area (Å²) in [6, 6.07) is 0.809. The molecule has 1 N–H and O–H groups in total. The summed E-state index contributed by atoms with van der Waals surface area (Å²) in [5.41, 5.74) is 0. The lowest BCUT2D eigenvalue weighted by Gasteiger charge is -2.25. The second-order valence-corrected chi connectivity index (χ2v) is 7.97. The Bertz CT molecular complexity index is 518. The Kier molecular flexibility index (Phi) is 3.52. The summed E-state index contributed by atoms with van der Waals surface area (Å²) in [6.07, 6.45) is 10.3. The van der Waals surface area contributed by atoms with Crippen LogP contribution in [0.1, 0.15) is 44.6 Å². The van der Waals surface area contributed by atoms with Gasteiger partial charge in [0.2, 0.25) is 5.95 Å². The molecule has 19 heavy (non-hydrogen) atoms. The van der Waals surface area contributed by atoms with Crippen LogP contribution in [0.25, 0.3) is 0 Å². The van der Waals surface area contributed by atoms with Crippen molar-refractivity contribution in [2.45, 2.75) is 50.6 Å². The first-order valence-electron chi connectivity index (χ1n) is 7.14. The summed E-state index contributed by atoms with van der Waals surface area (Å²) in [5, 5.41) is 3.43. The van der Waals surface area contributed by atoms with E-state index in [-0.39, 0.29) is 6.04 Å². The van der Waals surface area contributed by atoms with Crippen molar-refractivity contribution in [1.29, 1.82) is 0 Å². The fourth-order valence-corrected chi connectivity index (χ4v) is 4.61. The third kappa shape index (κ3) is 2.94. The van der Waals surface area contributed by atoms with Gasteiger partial charge in [-0.3, -0.25) is 0 Å². The molecule has 1 aromatic rings. The van der Waals surface area contributed by atoms with Crippen LogP contribution in [0.3, 0.4) is 0 Å². The van der Waals surface area contributed by atoms with Crippen molar-refractivity contribution in [2.75, 3.05) is 16.8 Å². The number of sulfone groups is 1. The molecule has 1 aliphatic heterocycles. The molecule has 1 aliphatic carbocycles. The number of hydrogen-bond donors (Lipinski definition) is 1. The Hall–Kier alpha value is -1.04. The maximum atomic E-state index is 11.4. The normalized spacial score (nSPS) is 24.6. The Balaban J connectivity index is 1.66. The molecule has 0 amide bonds. The molecule has 0 atom stereocenters. The summed E-state index contributed by atoms with van der Waals surface area (Å²) >= 11 is 0. The average molecular weight is 283 g/mol. The monoisotopic (exact) mass is 283 g/mol. The molecule has 3 rings (SSSR count). The second-order valence-electron chi connectivity index (χ2n) is 5.67. The minimum atomic E-state index is -2.79. The average Bonchev–Trinajstić information content (AvgIpc) is 3.02. The van der Waals surface area contributed by atoms with Crippen molar-refractivity contribution < 1.29 is 8.42 Å². The van der Waals surface area contributed by atoms with Crippen LogP contribution in [0, 0.1) is 0 Å². The van der Waals surface area contributed by atoms with Crippen LogP contribution in [-0.4, -0.2) is 35.5 Å². The smallest absolute Gasteiger partial charge is 0.203 e. The predicted octanol–water partition coefficient (Wildman–Crippen LogP) is 1.99. The molecular formula is C13H21N3O2S. The molecule has 2 heterocycles. The first-order chi connectivity index (χ1) is 9.14. The van der Waals surface area contributed by atoms with Crippen molar-refractivity contribution in [3.8, 4) is 0 Å². The molecule has 2 fully saturated rings. The Morgan fingerprint density at radius 1 is 1.16 bits per heavy atom. The summed E-state index contributed by atoms with van der Waals surface area (Å²) < 4.78 is 25.1. The minimum absolute atomic E-state index is 0.242. The molecule has 0 unspecified atom stereocenters. The van der Waals surface area contributed by atoms with Gasteiger partial charge in [0, 0.05) is 24.5 Å². The van der Waals surface area contributed by atoms with Gasteiger partial charge in [-0.25, -0.2) is 13.4 Å². The minimum Gasteiger partial charge on any atom is -0.353 e. The van der Waals surface area contributed by atoms with Gasteiger partial charge in [0.25, 0.3) is 0 Å². The van der Waals surface area contributed by atoms with Crippen LogP contribution in [0.15, 0.2) is 12.4 Å². The molecule has 2 aliphatic rings. The van der Waals surface area contributed by atoms with Crippen LogP contribution < -0.4 is 5.32 Å². The fourth-order valence-electron chi connectivity index (χ4n) is 3.12. The summed E-state index contributed by atoms with van der Waals surface area (Å²) in [7, 11) is -2.79. The molecule has 0 bridgehead atoms. The van der Waals surface area contributed by atoms with E-state index in [2.05, 4.69) is 14.9 Å². The van der Waals surface area contributed by atoms with Crippen LogP contribution in [0.4, 0.5) is 5.95 Å². The van der Waals surface area contributed by atoms with Crippen molar-refractivity contribution in [2.24, 2.45) is 0 Å². The molecule has 0 radical (unpaired) electrons. The standard InChI is InChI=1S/C13H21N3O2S/c17-19(18)9-5-11(6-10-19)15-13-14-7-8-16(13)12-3-1-2-4-12/h7-8,11-12H,1-6,9-10H2,(H,14,15). The zero-order valence-electron chi connectivity index (χ0n) is 11.1. The Labute approximate surface area is 114 Å². The van der Waals surface area contributed by atoms with Gasteiger partial charge >= 0.3 is 0 Å². The van der Waals surface area contributed by atoms with E-state index in [1.165, 1.54) is 25.7 Å². The third-order valence-corrected chi connectivity index (χ3v) is 5.99. The van der Waals surface area contributed by atoms with Crippen LogP contribution in [0.2, 0.25) is 0 Å². The van der Waals surface area contributed by atoms with Crippen molar-refractivity contribution in [3.63, 3.8) is 0 Å². The van der Waals surface area contributed by atoms with Gasteiger partial charge < -0.3 is 9.88 Å². The van der Waals surface area contributed by atoms with E-state index in [0.29, 0.717) is 30.4 Å². The highest BCUT2D eigenvalue weighted by molar-refractivity contribution is 7.91. The number of nitrogens with zero attached hydrogens (tertiary/aromatic N) is 2. The highest BCUT2D eigenvalue weighted by Gasteiger charge is 2.25. The van der Waals surface area contributed by atoms with E-state index in [4.69, 9.17) is 0 Å². The van der Waals surface area contributed by atoms with Crippen LogP contribution >= 0.6 is 0 Å². The number of aromatic nitrogens is 2. The summed E-state index contributed by atoms with van der Waals surface area (Å²) in [6.45, 7) is 0. The van der Waals surface area contributed by atoms with Gasteiger partial charge in [0.05, 0.1) is 11.5 Å². The van der Waals surface area contributed by atoms with Gasteiger partial charge in [-0.2, -0.15) is 0 Å². The third-order valence-electron chi connectivity index (χ3n) is 4.27. The maximum Gasteiger partial charge on any atom is 0.203 e. The van der Waals surface area contributed by atoms with Crippen LogP contribution in [0.5, 0.6) is 0 Å². The summed E-state index contributed by atoms with van der Waals surface area (Å²) in [5.74, 6) is 1.51. The lowest BCUT2D eigenvalue weighted by atomic mass is 10.1. The van der Waals surface area contributed by atoms with Crippen molar-refractivity contribution in [1.82, 2.24) is 9.55 Å². The molecular weight excluding hydrogens is 262 g/mol. The molecule has 1 saturated carbocycles. The molecule has 1 saturated heterocycles. The first-order valence-corrected chi connectivity index (χ1v) is 8.96. The van der Waals surface area contributed by atoms with Gasteiger partial charge in [0.15, 0.2) is 0 Å². The molecule has 106 valence electrons. The molecule has 0 spiro atoms. The topological polar surface area (TPSA) is 64.0 Å². The molecule has 5 nitrogen and oxygen atoms in total. The van der Waals surface area contributed by atoms with E-state index < -0.39 is 9.84 Å². The lowest BCUT2D eigenvalue weighted by Crippen LogP contribution is -2.33.